The number of halogens is 1. The first-order valence-corrected chi connectivity index (χ1v) is 8.97. The summed E-state index contributed by atoms with van der Waals surface area (Å²) < 4.78 is 19.0. The molecule has 0 bridgehead atoms. The maximum Gasteiger partial charge on any atom is 0.343 e. The topological polar surface area (TPSA) is 91.1 Å². The number of rotatable bonds is 6. The summed E-state index contributed by atoms with van der Waals surface area (Å²) in [6.07, 6.45) is 2.86. The lowest BCUT2D eigenvalue weighted by molar-refractivity contribution is -0.991. The fraction of sp³-hybridized carbons (Fsp3) is 0.0435. The first kappa shape index (κ1) is 21.1. The summed E-state index contributed by atoms with van der Waals surface area (Å²) in [5, 5.41) is 18.7. The van der Waals surface area contributed by atoms with Crippen LogP contribution in [0.15, 0.2) is 72.8 Å². The van der Waals surface area contributed by atoms with E-state index in [1.54, 1.807) is 6.08 Å². The Morgan fingerprint density at radius 2 is 1.70 bits per heavy atom. The van der Waals surface area contributed by atoms with Crippen molar-refractivity contribution >= 4 is 23.5 Å². The molecule has 3 aromatic rings. The molecule has 7 heteroatoms. The van der Waals surface area contributed by atoms with Crippen LogP contribution in [0.1, 0.15) is 31.8 Å². The predicted octanol–water partition coefficient (Wildman–Crippen LogP) is 3.65. The number of benzene rings is 3. The summed E-state index contributed by atoms with van der Waals surface area (Å²) >= 11 is 0. The molecule has 3 rings (SSSR count). The zero-order valence-corrected chi connectivity index (χ0v) is 16.0. The van der Waals surface area contributed by atoms with E-state index in [-0.39, 0.29) is 22.6 Å². The van der Waals surface area contributed by atoms with E-state index < -0.39 is 22.8 Å². The molecular weight excluding hydrogens is 389 g/mol. The number of hydrogen-bond donors (Lipinski definition) is 2. The molecule has 152 valence electrons. The smallest absolute Gasteiger partial charge is 0.343 e. The van der Waals surface area contributed by atoms with Gasteiger partial charge in [-0.25, -0.2) is 14.4 Å². The first-order chi connectivity index (χ1) is 14.3. The molecule has 0 aliphatic rings. The van der Waals surface area contributed by atoms with E-state index in [2.05, 4.69) is 0 Å². The van der Waals surface area contributed by atoms with Crippen molar-refractivity contribution in [3.8, 4) is 5.75 Å². The average molecular weight is 407 g/mol. The molecule has 2 N–H and O–H groups in total. The lowest BCUT2D eigenvalue weighted by Gasteiger charge is -2.12. The van der Waals surface area contributed by atoms with Crippen molar-refractivity contribution < 1.29 is 29.2 Å². The van der Waals surface area contributed by atoms with Gasteiger partial charge in [-0.2, -0.15) is 5.23 Å². The van der Waals surface area contributed by atoms with E-state index >= 15 is 0 Å². The van der Waals surface area contributed by atoms with Crippen LogP contribution in [0, 0.1) is 17.9 Å². The van der Waals surface area contributed by atoms with Crippen LogP contribution in [0.5, 0.6) is 5.75 Å². The molecule has 0 aliphatic carbocycles. The highest BCUT2D eigenvalue weighted by atomic mass is 19.1. The lowest BCUT2D eigenvalue weighted by atomic mass is 10.1. The van der Waals surface area contributed by atoms with Gasteiger partial charge in [0.1, 0.15) is 11.6 Å². The van der Waals surface area contributed by atoms with Crippen LogP contribution in [0.2, 0.25) is 0 Å². The number of carbonyl (C=O) groups excluding carboxylic acids is 2. The van der Waals surface area contributed by atoms with Crippen LogP contribution in [-0.2, 0) is 0 Å². The molecule has 0 fully saturated rings. The van der Waals surface area contributed by atoms with Gasteiger partial charge in [0.15, 0.2) is 11.5 Å². The predicted molar refractivity (Wildman–Crippen MR) is 108 cm³/mol. The molecule has 6 nitrogen and oxygen atoms in total. The quantitative estimate of drug-likeness (QED) is 0.214. The van der Waals surface area contributed by atoms with Crippen LogP contribution < -0.4 is 9.96 Å². The second kappa shape index (κ2) is 9.23. The highest BCUT2D eigenvalue weighted by Crippen LogP contribution is 2.23. The van der Waals surface area contributed by atoms with Gasteiger partial charge in [0, 0.05) is 12.1 Å². The van der Waals surface area contributed by atoms with E-state index in [0.29, 0.717) is 0 Å². The maximum absolute atomic E-state index is 13.7. The molecule has 0 aliphatic heterocycles. The fourth-order valence-corrected chi connectivity index (χ4v) is 2.63. The van der Waals surface area contributed by atoms with Crippen molar-refractivity contribution in [2.45, 2.75) is 6.92 Å². The third-order valence-corrected chi connectivity index (χ3v) is 4.28. The summed E-state index contributed by atoms with van der Waals surface area (Å²) in [5.74, 6) is -2.07. The van der Waals surface area contributed by atoms with E-state index in [4.69, 9.17) is 9.94 Å². The summed E-state index contributed by atoms with van der Waals surface area (Å²) in [4.78, 5) is 25.0. The minimum absolute atomic E-state index is 0.0189. The molecule has 1 unspecified atom stereocenters. The summed E-state index contributed by atoms with van der Waals surface area (Å²) in [7, 11) is 0. The van der Waals surface area contributed by atoms with Gasteiger partial charge < -0.3 is 9.94 Å². The normalized spacial score (nSPS) is 12.0. The number of quaternary nitrogens is 1. The summed E-state index contributed by atoms with van der Waals surface area (Å²) in [6.45, 7) is 1.95. The van der Waals surface area contributed by atoms with Crippen LogP contribution in [0.3, 0.4) is 0 Å². The molecule has 30 heavy (non-hydrogen) atoms. The molecule has 0 saturated heterocycles. The Bertz CT molecular complexity index is 1090. The number of allylic oxidation sites excluding steroid dienone is 1. The van der Waals surface area contributed by atoms with Crippen LogP contribution >= 0.6 is 0 Å². The summed E-state index contributed by atoms with van der Waals surface area (Å²) in [5.41, 5.74) is 1.88. The standard InChI is InChI=1S/C23H18FNO5/c1-15-2-4-16(5-3-15)6-12-21(26)20-14-18(24)9-13-22(20)30-23(27)17-7-10-19(11-8-17)25(28)29/h2-14,25,28H,1H3. The number of ether oxygens (including phenoxy) is 1. The zero-order valence-electron chi connectivity index (χ0n) is 16.0. The van der Waals surface area contributed by atoms with E-state index in [0.717, 1.165) is 23.3 Å². The molecule has 0 aromatic heterocycles. The van der Waals surface area contributed by atoms with Gasteiger partial charge in [-0.05, 0) is 48.9 Å². The van der Waals surface area contributed by atoms with Gasteiger partial charge >= 0.3 is 5.97 Å². The minimum Gasteiger partial charge on any atom is -0.595 e. The summed E-state index contributed by atoms with van der Waals surface area (Å²) in [6, 6.07) is 15.9. The van der Waals surface area contributed by atoms with Crippen molar-refractivity contribution in [1.82, 2.24) is 0 Å². The molecule has 0 radical (unpaired) electrons. The van der Waals surface area contributed by atoms with Crippen molar-refractivity contribution in [2.24, 2.45) is 0 Å². The van der Waals surface area contributed by atoms with E-state index in [9.17, 15) is 19.2 Å². The number of carbonyl (C=O) groups is 2. The van der Waals surface area contributed by atoms with Gasteiger partial charge in [0.05, 0.1) is 11.1 Å². The Morgan fingerprint density at radius 3 is 2.33 bits per heavy atom. The van der Waals surface area contributed by atoms with Crippen LogP contribution in [-0.4, -0.2) is 17.0 Å². The van der Waals surface area contributed by atoms with Gasteiger partial charge in [-0.1, -0.05) is 35.9 Å². The average Bonchev–Trinajstić information content (AvgIpc) is 2.74. The Balaban J connectivity index is 1.81. The number of ketones is 1. The second-order valence-electron chi connectivity index (χ2n) is 6.52. The Kier molecular flexibility index (Phi) is 6.48. The highest BCUT2D eigenvalue weighted by Gasteiger charge is 2.16. The van der Waals surface area contributed by atoms with Crippen molar-refractivity contribution in [1.29, 1.82) is 0 Å². The molecule has 0 heterocycles. The molecule has 3 aromatic carbocycles. The molecule has 0 saturated carbocycles. The molecule has 0 spiro atoms. The van der Waals surface area contributed by atoms with Crippen molar-refractivity contribution in [3.63, 3.8) is 0 Å². The lowest BCUT2D eigenvalue weighted by Crippen LogP contribution is -2.99. The van der Waals surface area contributed by atoms with E-state index in [1.165, 1.54) is 36.4 Å². The number of hydrogen-bond acceptors (Lipinski definition) is 5. The molecular formula is C23H18FNO5. The minimum atomic E-state index is -1.12. The number of nitrogens with one attached hydrogen (secondary N) is 1. The van der Waals surface area contributed by atoms with Crippen molar-refractivity contribution in [2.75, 3.05) is 0 Å². The first-order valence-electron chi connectivity index (χ1n) is 8.97. The molecule has 1 atom stereocenters. The second-order valence-corrected chi connectivity index (χ2v) is 6.52. The zero-order chi connectivity index (χ0) is 21.7. The monoisotopic (exact) mass is 407 g/mol. The molecule has 0 amide bonds. The fourth-order valence-electron chi connectivity index (χ4n) is 2.63. The SMILES string of the molecule is Cc1ccc(C=CC(=O)c2cc(F)ccc2OC(=O)c2ccc([NH+]([O-])O)cc2)cc1. The number of aryl methyl sites for hydroxylation is 1. The van der Waals surface area contributed by atoms with Gasteiger partial charge in [-0.3, -0.25) is 4.79 Å². The maximum atomic E-state index is 13.7. The Morgan fingerprint density at radius 1 is 1.03 bits per heavy atom. The number of esters is 1. The Hall–Kier alpha value is -3.65. The van der Waals surface area contributed by atoms with Gasteiger partial charge in [-0.15, -0.1) is 0 Å². The van der Waals surface area contributed by atoms with E-state index in [1.807, 2.05) is 31.2 Å². The highest BCUT2D eigenvalue weighted by molar-refractivity contribution is 6.09. The van der Waals surface area contributed by atoms with Crippen molar-refractivity contribution in [3.05, 3.63) is 106 Å². The van der Waals surface area contributed by atoms with Gasteiger partial charge in [0.25, 0.3) is 0 Å². The largest absolute Gasteiger partial charge is 0.595 e. The van der Waals surface area contributed by atoms with Gasteiger partial charge in [0.2, 0.25) is 0 Å². The van der Waals surface area contributed by atoms with Crippen LogP contribution in [0.25, 0.3) is 6.08 Å². The van der Waals surface area contributed by atoms with Crippen LogP contribution in [0.4, 0.5) is 10.1 Å². The third kappa shape index (κ3) is 5.24. The third-order valence-electron chi connectivity index (χ3n) is 4.28. The Labute approximate surface area is 172 Å².